The minimum absolute atomic E-state index is 0.0743. The smallest absolute Gasteiger partial charge is 0.315 e. The van der Waals surface area contributed by atoms with Crippen LogP contribution in [0.2, 0.25) is 0 Å². The fraction of sp³-hybridized carbons (Fsp3) is 0.419. The van der Waals surface area contributed by atoms with Crippen LogP contribution in [0.25, 0.3) is 0 Å². The summed E-state index contributed by atoms with van der Waals surface area (Å²) in [6.45, 7) is 2.47. The zero-order chi connectivity index (χ0) is 26.8. The van der Waals surface area contributed by atoms with Crippen LogP contribution in [-0.4, -0.2) is 41.6 Å². The molecule has 1 aromatic rings. The van der Waals surface area contributed by atoms with E-state index in [1.165, 1.54) is 12.1 Å². The second-order valence-electron chi connectivity index (χ2n) is 8.25. The van der Waals surface area contributed by atoms with Gasteiger partial charge in [-0.3, -0.25) is 9.59 Å². The van der Waals surface area contributed by atoms with Crippen LogP contribution in [0.4, 0.5) is 0 Å². The summed E-state index contributed by atoms with van der Waals surface area (Å²) in [4.78, 5) is 23.7. The first-order valence-corrected chi connectivity index (χ1v) is 14.3. The van der Waals surface area contributed by atoms with Crippen molar-refractivity contribution >= 4 is 23.6 Å². The molecule has 0 aliphatic rings. The molecule has 202 valence electrons. The van der Waals surface area contributed by atoms with Crippen LogP contribution >= 0.6 is 11.8 Å². The number of esters is 1. The van der Waals surface area contributed by atoms with E-state index in [1.54, 1.807) is 23.9 Å². The number of aromatic hydroxyl groups is 1. The molecule has 6 heteroatoms. The van der Waals surface area contributed by atoms with Gasteiger partial charge in [0.15, 0.2) is 0 Å². The molecule has 0 unspecified atom stereocenters. The van der Waals surface area contributed by atoms with Crippen molar-refractivity contribution in [2.75, 3.05) is 24.7 Å². The number of para-hydroxylation sites is 1. The number of thioether (sulfide) groups is 1. The van der Waals surface area contributed by atoms with Gasteiger partial charge in [0.05, 0.1) is 17.9 Å². The predicted molar refractivity (Wildman–Crippen MR) is 157 cm³/mol. The van der Waals surface area contributed by atoms with E-state index in [4.69, 9.17) is 4.74 Å². The number of unbranched alkanes of at least 4 members (excludes halogenated alkanes) is 2. The van der Waals surface area contributed by atoms with Crippen LogP contribution in [0.15, 0.2) is 85.0 Å². The number of amides is 1. The highest BCUT2D eigenvalue weighted by Gasteiger charge is 2.09. The summed E-state index contributed by atoms with van der Waals surface area (Å²) in [6.07, 6.45) is 30.3. The number of ether oxygens (including phenoxy) is 1. The summed E-state index contributed by atoms with van der Waals surface area (Å²) in [5, 5.41) is 12.3. The maximum atomic E-state index is 11.9. The number of rotatable bonds is 20. The number of carbonyl (C=O) groups is 2. The molecule has 0 aliphatic heterocycles. The number of carbonyl (C=O) groups excluding carboxylic acids is 2. The van der Waals surface area contributed by atoms with E-state index in [0.29, 0.717) is 5.75 Å². The Morgan fingerprint density at radius 2 is 1.46 bits per heavy atom. The van der Waals surface area contributed by atoms with E-state index >= 15 is 0 Å². The van der Waals surface area contributed by atoms with E-state index in [9.17, 15) is 14.7 Å². The number of allylic oxidation sites excluding steroid dienone is 10. The molecule has 1 aromatic carbocycles. The fourth-order valence-electron chi connectivity index (χ4n) is 3.12. The summed E-state index contributed by atoms with van der Waals surface area (Å²) in [5.41, 5.74) is 0.203. The van der Waals surface area contributed by atoms with Crippen molar-refractivity contribution in [3.63, 3.8) is 0 Å². The monoisotopic (exact) mass is 525 g/mol. The van der Waals surface area contributed by atoms with Crippen molar-refractivity contribution < 1.29 is 19.4 Å². The lowest BCUT2D eigenvalue weighted by molar-refractivity contribution is -0.140. The minimum atomic E-state index is -0.393. The first-order valence-electron chi connectivity index (χ1n) is 13.2. The minimum Gasteiger partial charge on any atom is -0.507 e. The highest BCUT2D eigenvalue weighted by molar-refractivity contribution is 7.99. The zero-order valence-electron chi connectivity index (χ0n) is 22.1. The molecule has 1 rings (SSSR count). The fourth-order valence-corrected chi connectivity index (χ4v) is 3.92. The SMILES string of the molecule is CCC=CCC=CCC=CCC=CCC=CCCCCSCC(=O)OCCNC(=O)c1ccccc1O. The zero-order valence-corrected chi connectivity index (χ0v) is 23.0. The summed E-state index contributed by atoms with van der Waals surface area (Å²) < 4.78 is 5.14. The van der Waals surface area contributed by atoms with Gasteiger partial charge in [-0.1, -0.05) is 79.8 Å². The van der Waals surface area contributed by atoms with Gasteiger partial charge in [-0.15, -0.1) is 0 Å². The lowest BCUT2D eigenvalue weighted by Gasteiger charge is -2.07. The topological polar surface area (TPSA) is 75.6 Å². The standard InChI is InChI=1S/C31H43NO4S/c1-2-3-4-5-6-7-8-9-10-11-12-13-14-15-16-17-18-21-26-37-27-30(34)36-25-24-32-31(35)28-22-19-20-23-29(28)33/h3-4,6-7,9-10,12-13,15-16,19-20,22-23,33H,2,5,8,11,14,17-18,21,24-27H2,1H3,(H,32,35). The molecule has 37 heavy (non-hydrogen) atoms. The van der Waals surface area contributed by atoms with Crippen LogP contribution in [-0.2, 0) is 9.53 Å². The van der Waals surface area contributed by atoms with Crippen LogP contribution in [0.1, 0.15) is 68.6 Å². The van der Waals surface area contributed by atoms with Crippen molar-refractivity contribution in [1.82, 2.24) is 5.32 Å². The van der Waals surface area contributed by atoms with Gasteiger partial charge < -0.3 is 15.2 Å². The molecule has 5 nitrogen and oxygen atoms in total. The summed E-state index contributed by atoms with van der Waals surface area (Å²) in [6, 6.07) is 6.32. The molecule has 0 atom stereocenters. The van der Waals surface area contributed by atoms with Gasteiger partial charge in [0.25, 0.3) is 5.91 Å². The van der Waals surface area contributed by atoms with Crippen molar-refractivity contribution in [3.8, 4) is 5.75 Å². The van der Waals surface area contributed by atoms with Crippen LogP contribution in [0.3, 0.4) is 0 Å². The maximum Gasteiger partial charge on any atom is 0.315 e. The Bertz CT molecular complexity index is 902. The van der Waals surface area contributed by atoms with Gasteiger partial charge in [-0.25, -0.2) is 0 Å². The summed E-state index contributed by atoms with van der Waals surface area (Å²) in [7, 11) is 0. The molecular weight excluding hydrogens is 482 g/mol. The van der Waals surface area contributed by atoms with Gasteiger partial charge in [-0.2, -0.15) is 11.8 Å². The molecule has 2 N–H and O–H groups in total. The largest absolute Gasteiger partial charge is 0.507 e. The van der Waals surface area contributed by atoms with Crippen LogP contribution in [0, 0.1) is 0 Å². The molecule has 0 heterocycles. The second kappa shape index (κ2) is 23.4. The first-order chi connectivity index (χ1) is 18.1. The molecule has 0 saturated carbocycles. The molecule has 0 aliphatic carbocycles. The van der Waals surface area contributed by atoms with Crippen molar-refractivity contribution in [2.24, 2.45) is 0 Å². The highest BCUT2D eigenvalue weighted by Crippen LogP contribution is 2.14. The van der Waals surface area contributed by atoms with Gasteiger partial charge >= 0.3 is 5.97 Å². The van der Waals surface area contributed by atoms with Gasteiger partial charge in [0, 0.05) is 0 Å². The molecule has 0 bridgehead atoms. The van der Waals surface area contributed by atoms with Gasteiger partial charge in [0.1, 0.15) is 12.4 Å². The second-order valence-corrected chi connectivity index (χ2v) is 9.36. The molecule has 0 spiro atoms. The van der Waals surface area contributed by atoms with Crippen molar-refractivity contribution in [3.05, 3.63) is 90.6 Å². The Labute approximate surface area is 227 Å². The average molecular weight is 526 g/mol. The Hall–Kier alpha value is -2.99. The molecule has 0 radical (unpaired) electrons. The van der Waals surface area contributed by atoms with E-state index in [-0.39, 0.29) is 30.4 Å². The lowest BCUT2D eigenvalue weighted by atomic mass is 10.2. The van der Waals surface area contributed by atoms with Crippen LogP contribution < -0.4 is 5.32 Å². The normalized spacial score (nSPS) is 12.0. The number of nitrogens with one attached hydrogen (secondary N) is 1. The predicted octanol–water partition coefficient (Wildman–Crippen LogP) is 7.32. The Balaban J connectivity index is 1.91. The highest BCUT2D eigenvalue weighted by atomic mass is 32.2. The van der Waals surface area contributed by atoms with E-state index in [0.717, 1.165) is 57.1 Å². The molecule has 1 amide bonds. The van der Waals surface area contributed by atoms with Crippen molar-refractivity contribution in [2.45, 2.75) is 58.3 Å². The third-order valence-electron chi connectivity index (χ3n) is 5.09. The molecular formula is C31H43NO4S. The van der Waals surface area contributed by atoms with E-state index in [1.807, 2.05) is 0 Å². The third kappa shape index (κ3) is 18.9. The first kappa shape index (κ1) is 32.0. The average Bonchev–Trinajstić information content (AvgIpc) is 2.90. The summed E-state index contributed by atoms with van der Waals surface area (Å²) >= 11 is 1.57. The number of phenols is 1. The lowest BCUT2D eigenvalue weighted by Crippen LogP contribution is -2.28. The number of hydrogen-bond donors (Lipinski definition) is 2. The Kier molecular flexibility index (Phi) is 20.3. The van der Waals surface area contributed by atoms with Crippen LogP contribution in [0.5, 0.6) is 5.75 Å². The summed E-state index contributed by atoms with van der Waals surface area (Å²) in [5.74, 6) is 0.490. The van der Waals surface area contributed by atoms with Gasteiger partial charge in [0.2, 0.25) is 0 Å². The van der Waals surface area contributed by atoms with Gasteiger partial charge in [-0.05, 0) is 69.3 Å². The number of benzene rings is 1. The van der Waals surface area contributed by atoms with Crippen molar-refractivity contribution in [1.29, 1.82) is 0 Å². The number of phenolic OH excluding ortho intramolecular Hbond substituents is 1. The number of hydrogen-bond acceptors (Lipinski definition) is 5. The molecule has 0 aromatic heterocycles. The quantitative estimate of drug-likeness (QED) is 0.106. The molecule has 0 saturated heterocycles. The maximum absolute atomic E-state index is 11.9. The third-order valence-corrected chi connectivity index (χ3v) is 6.10. The Morgan fingerprint density at radius 3 is 2.08 bits per heavy atom. The molecule has 0 fully saturated rings. The van der Waals surface area contributed by atoms with E-state index < -0.39 is 5.91 Å². The Morgan fingerprint density at radius 1 is 0.865 bits per heavy atom. The van der Waals surface area contributed by atoms with E-state index in [2.05, 4.69) is 73.0 Å².